The fourth-order valence-corrected chi connectivity index (χ4v) is 2.51. The topological polar surface area (TPSA) is 48.5 Å². The molecule has 1 N–H and O–H groups in total. The van der Waals surface area contributed by atoms with Gasteiger partial charge in [-0.1, -0.05) is 0 Å². The summed E-state index contributed by atoms with van der Waals surface area (Å²) in [5, 5.41) is 3.06. The summed E-state index contributed by atoms with van der Waals surface area (Å²) in [6.07, 6.45) is 5.41. The van der Waals surface area contributed by atoms with Crippen LogP contribution in [0, 0.1) is 0 Å². The van der Waals surface area contributed by atoms with Gasteiger partial charge in [0.05, 0.1) is 5.56 Å². The van der Waals surface area contributed by atoms with Crippen LogP contribution in [0.2, 0.25) is 0 Å². The van der Waals surface area contributed by atoms with Gasteiger partial charge in [0.1, 0.15) is 5.82 Å². The molecule has 2 heterocycles. The average Bonchev–Trinajstić information content (AvgIpc) is 2.52. The molecule has 0 aromatic carbocycles. The van der Waals surface area contributed by atoms with Crippen LogP contribution in [0.15, 0.2) is 18.3 Å². The van der Waals surface area contributed by atoms with Gasteiger partial charge in [-0.25, -0.2) is 4.98 Å². The maximum atomic E-state index is 12.5. The van der Waals surface area contributed by atoms with Gasteiger partial charge in [-0.3, -0.25) is 4.79 Å². The molecular formula is C15H26Cl2N4O. The summed E-state index contributed by atoms with van der Waals surface area (Å²) in [6.45, 7) is 3.49. The Kier molecular flexibility index (Phi) is 10.1. The van der Waals surface area contributed by atoms with Crippen LogP contribution in [-0.4, -0.2) is 56.1 Å². The van der Waals surface area contributed by atoms with Gasteiger partial charge in [0, 0.05) is 39.4 Å². The van der Waals surface area contributed by atoms with Crippen molar-refractivity contribution in [2.75, 3.05) is 45.2 Å². The van der Waals surface area contributed by atoms with E-state index in [-0.39, 0.29) is 30.7 Å². The maximum Gasteiger partial charge on any atom is 0.257 e. The van der Waals surface area contributed by atoms with E-state index < -0.39 is 0 Å². The molecule has 126 valence electrons. The Bertz CT molecular complexity index is 453. The number of likely N-dealkylation sites (N-methyl/N-ethyl adjacent to an activating group) is 2. The van der Waals surface area contributed by atoms with Crippen molar-refractivity contribution in [1.82, 2.24) is 15.2 Å². The first-order valence-corrected chi connectivity index (χ1v) is 7.34. The Morgan fingerprint density at radius 1 is 1.32 bits per heavy atom. The number of nitrogens with one attached hydrogen (secondary N) is 1. The number of halogens is 2. The van der Waals surface area contributed by atoms with Crippen molar-refractivity contribution in [3.63, 3.8) is 0 Å². The summed E-state index contributed by atoms with van der Waals surface area (Å²) in [5.74, 6) is 0.891. The summed E-state index contributed by atoms with van der Waals surface area (Å²) in [7, 11) is 3.73. The van der Waals surface area contributed by atoms with E-state index in [1.165, 1.54) is 19.3 Å². The van der Waals surface area contributed by atoms with Crippen LogP contribution in [0.5, 0.6) is 0 Å². The van der Waals surface area contributed by atoms with Crippen LogP contribution in [0.25, 0.3) is 0 Å². The second kappa shape index (κ2) is 10.6. The van der Waals surface area contributed by atoms with Gasteiger partial charge < -0.3 is 15.1 Å². The number of piperidine rings is 1. The number of pyridine rings is 1. The number of nitrogens with zero attached hydrogens (tertiary/aromatic N) is 3. The number of carbonyl (C=O) groups excluding carboxylic acids is 1. The lowest BCUT2D eigenvalue weighted by Crippen LogP contribution is -2.36. The summed E-state index contributed by atoms with van der Waals surface area (Å²) < 4.78 is 0. The lowest BCUT2D eigenvalue weighted by atomic mass is 10.1. The fraction of sp³-hybridized carbons (Fsp3) is 0.600. The van der Waals surface area contributed by atoms with Crippen LogP contribution < -0.4 is 10.2 Å². The van der Waals surface area contributed by atoms with E-state index in [0.29, 0.717) is 12.1 Å². The van der Waals surface area contributed by atoms with Crippen LogP contribution >= 0.6 is 24.8 Å². The molecule has 0 bridgehead atoms. The predicted octanol–water partition coefficient (Wildman–Crippen LogP) is 2.21. The van der Waals surface area contributed by atoms with E-state index >= 15 is 0 Å². The van der Waals surface area contributed by atoms with E-state index in [0.717, 1.165) is 25.5 Å². The third kappa shape index (κ3) is 5.30. The molecule has 1 aliphatic rings. The van der Waals surface area contributed by atoms with Gasteiger partial charge in [0.15, 0.2) is 0 Å². The summed E-state index contributed by atoms with van der Waals surface area (Å²) in [5.41, 5.74) is 0.716. The van der Waals surface area contributed by atoms with E-state index in [2.05, 4.69) is 15.2 Å². The van der Waals surface area contributed by atoms with Gasteiger partial charge >= 0.3 is 0 Å². The number of rotatable bonds is 5. The molecule has 0 radical (unpaired) electrons. The summed E-state index contributed by atoms with van der Waals surface area (Å²) >= 11 is 0. The summed E-state index contributed by atoms with van der Waals surface area (Å²) in [4.78, 5) is 21.0. The molecule has 1 aliphatic heterocycles. The standard InChI is InChI=1S/C15H24N4O.2ClH/c1-16-9-12-18(2)15(20)13-7-6-8-17-14(13)19-10-4-3-5-11-19;;/h6-8,16H,3-5,9-12H2,1-2H3;2*1H. The Balaban J connectivity index is 0.00000220. The van der Waals surface area contributed by atoms with Crippen molar-refractivity contribution in [1.29, 1.82) is 0 Å². The van der Waals surface area contributed by atoms with Crippen molar-refractivity contribution < 1.29 is 4.79 Å². The largest absolute Gasteiger partial charge is 0.356 e. The van der Waals surface area contributed by atoms with Crippen LogP contribution in [-0.2, 0) is 0 Å². The minimum Gasteiger partial charge on any atom is -0.356 e. The molecule has 2 rings (SSSR count). The molecule has 1 amide bonds. The highest BCUT2D eigenvalue weighted by molar-refractivity contribution is 5.98. The zero-order valence-electron chi connectivity index (χ0n) is 13.2. The van der Waals surface area contributed by atoms with Gasteiger partial charge in [-0.05, 0) is 38.4 Å². The Morgan fingerprint density at radius 2 is 2.00 bits per heavy atom. The number of amides is 1. The minimum absolute atomic E-state index is 0. The zero-order valence-corrected chi connectivity index (χ0v) is 14.9. The van der Waals surface area contributed by atoms with Crippen molar-refractivity contribution in [2.45, 2.75) is 19.3 Å². The molecule has 0 unspecified atom stereocenters. The Labute approximate surface area is 145 Å². The molecule has 5 nitrogen and oxygen atoms in total. The molecule has 1 aromatic heterocycles. The van der Waals surface area contributed by atoms with Crippen molar-refractivity contribution in [3.8, 4) is 0 Å². The van der Waals surface area contributed by atoms with Crippen LogP contribution in [0.1, 0.15) is 29.6 Å². The van der Waals surface area contributed by atoms with Crippen LogP contribution in [0.4, 0.5) is 5.82 Å². The van der Waals surface area contributed by atoms with E-state index in [4.69, 9.17) is 0 Å². The fourth-order valence-electron chi connectivity index (χ4n) is 2.51. The number of hydrogen-bond donors (Lipinski definition) is 1. The zero-order chi connectivity index (χ0) is 14.4. The van der Waals surface area contributed by atoms with Crippen molar-refractivity contribution >= 4 is 36.5 Å². The molecule has 7 heteroatoms. The van der Waals surface area contributed by atoms with E-state index in [9.17, 15) is 4.79 Å². The van der Waals surface area contributed by atoms with E-state index in [1.54, 1.807) is 11.1 Å². The second-order valence-electron chi connectivity index (χ2n) is 5.25. The van der Waals surface area contributed by atoms with Crippen LogP contribution in [0.3, 0.4) is 0 Å². The van der Waals surface area contributed by atoms with Gasteiger partial charge in [-0.15, -0.1) is 24.8 Å². The first kappa shape index (κ1) is 21.0. The first-order chi connectivity index (χ1) is 9.74. The monoisotopic (exact) mass is 348 g/mol. The quantitative estimate of drug-likeness (QED) is 0.886. The minimum atomic E-state index is 0. The molecule has 1 fully saturated rings. The molecular weight excluding hydrogens is 323 g/mol. The van der Waals surface area contributed by atoms with Gasteiger partial charge in [0.25, 0.3) is 5.91 Å². The Morgan fingerprint density at radius 3 is 2.64 bits per heavy atom. The molecule has 1 saturated heterocycles. The average molecular weight is 349 g/mol. The molecule has 0 atom stereocenters. The molecule has 1 aromatic rings. The van der Waals surface area contributed by atoms with Gasteiger partial charge in [0.2, 0.25) is 0 Å². The number of hydrogen-bond acceptors (Lipinski definition) is 4. The smallest absolute Gasteiger partial charge is 0.257 e. The number of carbonyl (C=O) groups is 1. The molecule has 22 heavy (non-hydrogen) atoms. The number of anilines is 1. The first-order valence-electron chi connectivity index (χ1n) is 7.34. The van der Waals surface area contributed by atoms with E-state index in [1.807, 2.05) is 26.2 Å². The second-order valence-corrected chi connectivity index (χ2v) is 5.25. The highest BCUT2D eigenvalue weighted by Gasteiger charge is 2.21. The third-order valence-corrected chi connectivity index (χ3v) is 3.72. The molecule has 0 saturated carbocycles. The highest BCUT2D eigenvalue weighted by Crippen LogP contribution is 2.22. The van der Waals surface area contributed by atoms with Gasteiger partial charge in [-0.2, -0.15) is 0 Å². The Hall–Kier alpha value is -1.04. The summed E-state index contributed by atoms with van der Waals surface area (Å²) in [6, 6.07) is 3.72. The number of aromatic nitrogens is 1. The third-order valence-electron chi connectivity index (χ3n) is 3.72. The SMILES string of the molecule is CNCCN(C)C(=O)c1cccnc1N1CCCCC1.Cl.Cl. The molecule has 0 aliphatic carbocycles. The normalized spacial score (nSPS) is 13.8. The maximum absolute atomic E-state index is 12.5. The lowest BCUT2D eigenvalue weighted by Gasteiger charge is -2.29. The lowest BCUT2D eigenvalue weighted by molar-refractivity contribution is 0.0797. The van der Waals surface area contributed by atoms with Crippen molar-refractivity contribution in [3.05, 3.63) is 23.9 Å². The predicted molar refractivity (Wildman–Crippen MR) is 95.7 cm³/mol. The highest BCUT2D eigenvalue weighted by atomic mass is 35.5. The molecule has 0 spiro atoms. The van der Waals surface area contributed by atoms with Crippen molar-refractivity contribution in [2.24, 2.45) is 0 Å².